The first-order valence-corrected chi connectivity index (χ1v) is 14.7. The molecule has 0 unspecified atom stereocenters. The Kier molecular flexibility index (Phi) is 9.17. The number of nitrogens with one attached hydrogen (secondary N) is 1. The van der Waals surface area contributed by atoms with Crippen molar-refractivity contribution in [3.05, 3.63) is 38.6 Å². The molecule has 2 aliphatic rings. The first kappa shape index (κ1) is 25.8. The van der Waals surface area contributed by atoms with Crippen molar-refractivity contribution in [1.29, 1.82) is 0 Å². The van der Waals surface area contributed by atoms with Crippen LogP contribution in [0.15, 0.2) is 28.1 Å². The maximum absolute atomic E-state index is 12.9. The number of ether oxygens (including phenoxy) is 1. The van der Waals surface area contributed by atoms with Gasteiger partial charge < -0.3 is 4.74 Å². The molecule has 8 nitrogen and oxygen atoms in total. The van der Waals surface area contributed by atoms with Gasteiger partial charge in [-0.05, 0) is 37.0 Å². The fourth-order valence-corrected chi connectivity index (χ4v) is 6.90. The molecular weight excluding hydrogens is 494 g/mol. The monoisotopic (exact) mass is 527 g/mol. The van der Waals surface area contributed by atoms with Crippen LogP contribution in [-0.4, -0.2) is 68.5 Å². The lowest BCUT2D eigenvalue weighted by Crippen LogP contribution is -2.41. The number of hydrogen-bond donors (Lipinski definition) is 1. The molecule has 2 aromatic rings. The number of sulfonamides is 1. The third-order valence-corrected chi connectivity index (χ3v) is 9.37. The molecule has 11 heteroatoms. The van der Waals surface area contributed by atoms with Crippen molar-refractivity contribution >= 4 is 33.0 Å². The van der Waals surface area contributed by atoms with Crippen molar-refractivity contribution in [2.24, 2.45) is 12.0 Å². The van der Waals surface area contributed by atoms with Crippen molar-refractivity contribution in [1.82, 2.24) is 19.4 Å². The van der Waals surface area contributed by atoms with E-state index in [1.165, 1.54) is 19.3 Å². The number of aryl methyl sites for hydroxylation is 3. The van der Waals surface area contributed by atoms with Gasteiger partial charge in [-0.3, -0.25) is 9.89 Å². The van der Waals surface area contributed by atoms with Gasteiger partial charge in [0.1, 0.15) is 9.90 Å². The molecule has 188 valence electrons. The molecule has 1 N–H and O–H groups in total. The SMILES string of the molecule is Cn1nc(CCc2ccc(Cl)c(S(=O)(=O)NCCN3CCOCC3)c2)sc1=NC1CCCCC1. The minimum absolute atomic E-state index is 0.131. The summed E-state index contributed by atoms with van der Waals surface area (Å²) in [5.74, 6) is 0. The number of nitrogens with zero attached hydrogens (tertiary/aromatic N) is 4. The standard InChI is InChI=1S/C23H34ClN5O3S2/c1-28-23(26-19-5-3-2-4-6-19)33-22(27-28)10-8-18-7-9-20(24)21(17-18)34(30,31)25-11-12-29-13-15-32-16-14-29/h7,9,17,19,25H,2-6,8,10-16H2,1H3. The molecule has 1 aliphatic carbocycles. The van der Waals surface area contributed by atoms with E-state index in [1.807, 2.05) is 17.8 Å². The highest BCUT2D eigenvalue weighted by molar-refractivity contribution is 7.89. The van der Waals surface area contributed by atoms with Crippen LogP contribution in [0.5, 0.6) is 0 Å². The second-order valence-corrected chi connectivity index (χ2v) is 12.1. The predicted molar refractivity (Wildman–Crippen MR) is 135 cm³/mol. The smallest absolute Gasteiger partial charge is 0.242 e. The van der Waals surface area contributed by atoms with Crippen LogP contribution in [0, 0.1) is 0 Å². The predicted octanol–water partition coefficient (Wildman–Crippen LogP) is 2.76. The molecule has 0 bridgehead atoms. The average Bonchev–Trinajstić information content (AvgIpc) is 3.18. The van der Waals surface area contributed by atoms with Crippen molar-refractivity contribution in [3.63, 3.8) is 0 Å². The summed E-state index contributed by atoms with van der Waals surface area (Å²) in [5.41, 5.74) is 0.918. The topological polar surface area (TPSA) is 88.8 Å². The molecule has 1 saturated carbocycles. The fraction of sp³-hybridized carbons (Fsp3) is 0.652. The molecule has 4 rings (SSSR count). The van der Waals surface area contributed by atoms with Crippen molar-refractivity contribution in [2.75, 3.05) is 39.4 Å². The zero-order chi connectivity index (χ0) is 24.0. The lowest BCUT2D eigenvalue weighted by molar-refractivity contribution is 0.0390. The maximum atomic E-state index is 12.9. The van der Waals surface area contributed by atoms with Crippen LogP contribution >= 0.6 is 22.9 Å². The van der Waals surface area contributed by atoms with Crippen LogP contribution in [0.1, 0.15) is 42.7 Å². The molecule has 1 saturated heterocycles. The summed E-state index contributed by atoms with van der Waals surface area (Å²) in [7, 11) is -1.75. The number of aromatic nitrogens is 2. The Labute approximate surface area is 211 Å². The molecular formula is C23H34ClN5O3S2. The summed E-state index contributed by atoms with van der Waals surface area (Å²) in [4.78, 5) is 8.20. The van der Waals surface area contributed by atoms with Gasteiger partial charge >= 0.3 is 0 Å². The van der Waals surface area contributed by atoms with Gasteiger partial charge in [-0.2, -0.15) is 5.10 Å². The third-order valence-electron chi connectivity index (χ3n) is 6.35. The molecule has 2 fully saturated rings. The summed E-state index contributed by atoms with van der Waals surface area (Å²) in [6.07, 6.45) is 7.56. The Morgan fingerprint density at radius 1 is 1.21 bits per heavy atom. The van der Waals surface area contributed by atoms with Crippen molar-refractivity contribution in [3.8, 4) is 0 Å². The molecule has 0 spiro atoms. The number of hydrogen-bond acceptors (Lipinski definition) is 7. The Morgan fingerprint density at radius 3 is 2.74 bits per heavy atom. The van der Waals surface area contributed by atoms with E-state index in [-0.39, 0.29) is 9.92 Å². The fourth-order valence-electron chi connectivity index (χ4n) is 4.38. The Hall–Kier alpha value is -1.30. The minimum Gasteiger partial charge on any atom is -0.379 e. The Morgan fingerprint density at radius 2 is 1.97 bits per heavy atom. The highest BCUT2D eigenvalue weighted by atomic mass is 35.5. The van der Waals surface area contributed by atoms with E-state index in [0.29, 0.717) is 38.8 Å². The van der Waals surface area contributed by atoms with E-state index in [2.05, 4.69) is 14.7 Å². The number of morpholine rings is 1. The first-order valence-electron chi connectivity index (χ1n) is 12.1. The summed E-state index contributed by atoms with van der Waals surface area (Å²) in [6.45, 7) is 4.01. The van der Waals surface area contributed by atoms with Gasteiger partial charge in [-0.1, -0.05) is 48.3 Å². The largest absolute Gasteiger partial charge is 0.379 e. The normalized spacial score (nSPS) is 19.1. The molecule has 0 amide bonds. The van der Waals surface area contributed by atoms with Gasteiger partial charge in [0, 0.05) is 39.6 Å². The van der Waals surface area contributed by atoms with Crippen LogP contribution in [0.3, 0.4) is 0 Å². The van der Waals surface area contributed by atoms with E-state index in [1.54, 1.807) is 23.5 Å². The molecule has 0 radical (unpaired) electrons. The van der Waals surface area contributed by atoms with Crippen molar-refractivity contribution in [2.45, 2.75) is 55.9 Å². The summed E-state index contributed by atoms with van der Waals surface area (Å²) in [6, 6.07) is 5.64. The zero-order valence-corrected chi connectivity index (χ0v) is 22.1. The highest BCUT2D eigenvalue weighted by Gasteiger charge is 2.19. The number of rotatable bonds is 9. The molecule has 34 heavy (non-hydrogen) atoms. The number of halogens is 1. The van der Waals surface area contributed by atoms with E-state index < -0.39 is 10.0 Å². The molecule has 1 aromatic carbocycles. The van der Waals surface area contributed by atoms with Crippen LogP contribution in [0.2, 0.25) is 5.02 Å². The summed E-state index contributed by atoms with van der Waals surface area (Å²) < 4.78 is 35.7. The summed E-state index contributed by atoms with van der Waals surface area (Å²) >= 11 is 7.89. The van der Waals surface area contributed by atoms with E-state index in [9.17, 15) is 8.42 Å². The highest BCUT2D eigenvalue weighted by Crippen LogP contribution is 2.24. The Bertz CT molecular complexity index is 1120. The number of benzene rings is 1. The molecule has 1 aliphatic heterocycles. The molecule has 0 atom stereocenters. The van der Waals surface area contributed by atoms with E-state index in [4.69, 9.17) is 21.3 Å². The lowest BCUT2D eigenvalue weighted by Gasteiger charge is -2.26. The second kappa shape index (κ2) is 12.1. The van der Waals surface area contributed by atoms with Gasteiger partial charge in [0.2, 0.25) is 14.8 Å². The van der Waals surface area contributed by atoms with Gasteiger partial charge in [-0.25, -0.2) is 17.8 Å². The summed E-state index contributed by atoms with van der Waals surface area (Å²) in [5, 5.41) is 5.87. The van der Waals surface area contributed by atoms with Gasteiger partial charge in [-0.15, -0.1) is 0 Å². The average molecular weight is 528 g/mol. The second-order valence-electron chi connectivity index (χ2n) is 8.94. The van der Waals surface area contributed by atoms with Gasteiger partial charge in [0.25, 0.3) is 0 Å². The van der Waals surface area contributed by atoms with Crippen LogP contribution in [0.25, 0.3) is 0 Å². The van der Waals surface area contributed by atoms with Gasteiger partial charge in [0.15, 0.2) is 0 Å². The quantitative estimate of drug-likeness (QED) is 0.541. The third kappa shape index (κ3) is 7.11. The van der Waals surface area contributed by atoms with Crippen molar-refractivity contribution < 1.29 is 13.2 Å². The van der Waals surface area contributed by atoms with Crippen LogP contribution < -0.4 is 9.52 Å². The first-order chi connectivity index (χ1) is 16.4. The van der Waals surface area contributed by atoms with Crippen LogP contribution in [-0.2, 0) is 34.6 Å². The zero-order valence-electron chi connectivity index (χ0n) is 19.7. The van der Waals surface area contributed by atoms with E-state index in [0.717, 1.165) is 47.7 Å². The molecule has 2 heterocycles. The Balaban J connectivity index is 1.37. The van der Waals surface area contributed by atoms with Crippen LogP contribution in [0.4, 0.5) is 0 Å². The van der Waals surface area contributed by atoms with E-state index >= 15 is 0 Å². The lowest BCUT2D eigenvalue weighted by atomic mass is 9.96. The van der Waals surface area contributed by atoms with Gasteiger partial charge in [0.05, 0.1) is 24.3 Å². The maximum Gasteiger partial charge on any atom is 0.242 e. The minimum atomic E-state index is -3.69. The molecule has 1 aromatic heterocycles.